The first-order valence-corrected chi connectivity index (χ1v) is 12.6. The van der Waals surface area contributed by atoms with E-state index in [1.54, 1.807) is 0 Å². The maximum Gasteiger partial charge on any atom is 0.0785 e. The number of benzene rings is 3. The van der Waals surface area contributed by atoms with E-state index in [9.17, 15) is 8.78 Å². The molecule has 0 radical (unpaired) electrons. The van der Waals surface area contributed by atoms with Gasteiger partial charge in [-0.25, -0.2) is 0 Å². The lowest BCUT2D eigenvalue weighted by Gasteiger charge is -2.15. The van der Waals surface area contributed by atoms with Crippen molar-refractivity contribution in [3.8, 4) is 0 Å². The van der Waals surface area contributed by atoms with Gasteiger partial charge in [0, 0.05) is 0 Å². The molecule has 0 aliphatic carbocycles. The molecule has 1 atom stereocenters. The Balaban J connectivity index is 0. The van der Waals surface area contributed by atoms with Crippen LogP contribution in [-0.4, -0.2) is 14.4 Å². The molecule has 1 unspecified atom stereocenters. The van der Waals surface area contributed by atoms with Gasteiger partial charge in [0.2, 0.25) is 0 Å². The lowest BCUT2D eigenvalue weighted by Crippen LogP contribution is -2.00. The van der Waals surface area contributed by atoms with Crippen LogP contribution in [-0.2, 0) is 6.42 Å². The molecule has 3 rings (SSSR count). The van der Waals surface area contributed by atoms with Crippen LogP contribution in [0.4, 0.5) is 8.78 Å². The van der Waals surface area contributed by atoms with Crippen LogP contribution >= 0.6 is 0 Å². The van der Waals surface area contributed by atoms with E-state index < -0.39 is 0 Å². The van der Waals surface area contributed by atoms with Crippen LogP contribution in [0.1, 0.15) is 82.6 Å². The lowest BCUT2D eigenvalue weighted by atomic mass is 9.91. The van der Waals surface area contributed by atoms with Gasteiger partial charge in [0.05, 0.1) is 14.4 Å². The molecule has 0 spiro atoms. The van der Waals surface area contributed by atoms with E-state index in [2.05, 4.69) is 140 Å². The van der Waals surface area contributed by atoms with E-state index in [-0.39, 0.29) is 0 Å². The number of rotatable bonds is 5. The van der Waals surface area contributed by atoms with E-state index in [1.165, 1.54) is 28.7 Å². The zero-order valence-corrected chi connectivity index (χ0v) is 23.9. The van der Waals surface area contributed by atoms with Gasteiger partial charge < -0.3 is 0 Å². The Kier molecular flexibility index (Phi) is 21.8. The number of hydrogen-bond acceptors (Lipinski definition) is 0. The first-order chi connectivity index (χ1) is 16.7. The molecule has 2 heteroatoms. The van der Waals surface area contributed by atoms with Crippen LogP contribution in [0, 0.1) is 18.8 Å². The van der Waals surface area contributed by atoms with Crippen molar-refractivity contribution >= 4 is 0 Å². The van der Waals surface area contributed by atoms with E-state index in [0.717, 1.165) is 11.8 Å². The average Bonchev–Trinajstić information content (AvgIpc) is 2.88. The molecular formula is C33H50F2. The van der Waals surface area contributed by atoms with Crippen molar-refractivity contribution in [2.75, 3.05) is 14.4 Å². The standard InChI is InChI=1S/C11H16.2C10H14.2CH3F/c1-9(2)10(3)11-7-5-4-6-8-11;1-8(2)10-6-4-9(3)5-7-10;1-9(2)8-10-6-4-3-5-7-10;2*1-2/h4-10H,1-3H3;4-8H,1-3H3;3-7,9H,8H2,1-2H3;2*1H3. The van der Waals surface area contributed by atoms with Gasteiger partial charge in [-0.2, -0.15) is 0 Å². The van der Waals surface area contributed by atoms with Gasteiger partial charge in [-0.05, 0) is 53.7 Å². The Morgan fingerprint density at radius 2 is 0.971 bits per heavy atom. The molecule has 0 saturated heterocycles. The van der Waals surface area contributed by atoms with Crippen molar-refractivity contribution in [2.45, 2.75) is 73.6 Å². The van der Waals surface area contributed by atoms with E-state index in [4.69, 9.17) is 0 Å². The third kappa shape index (κ3) is 17.6. The molecule has 0 fully saturated rings. The topological polar surface area (TPSA) is 0 Å². The van der Waals surface area contributed by atoms with Crippen molar-refractivity contribution < 1.29 is 8.78 Å². The predicted molar refractivity (Wildman–Crippen MR) is 154 cm³/mol. The molecule has 0 saturated carbocycles. The summed E-state index contributed by atoms with van der Waals surface area (Å²) in [6, 6.07) is 30.0. The number of hydrogen-bond donors (Lipinski definition) is 0. The fourth-order valence-corrected chi connectivity index (χ4v) is 3.18. The highest BCUT2D eigenvalue weighted by Gasteiger charge is 2.07. The summed E-state index contributed by atoms with van der Waals surface area (Å²) in [5.41, 5.74) is 5.65. The summed E-state index contributed by atoms with van der Waals surface area (Å²) in [5.74, 6) is 2.83. The molecular weight excluding hydrogens is 434 g/mol. The molecule has 35 heavy (non-hydrogen) atoms. The highest BCUT2D eigenvalue weighted by atomic mass is 19.1. The quantitative estimate of drug-likeness (QED) is 0.338. The van der Waals surface area contributed by atoms with Crippen LogP contribution in [0.3, 0.4) is 0 Å². The van der Waals surface area contributed by atoms with Gasteiger partial charge >= 0.3 is 0 Å². The molecule has 0 aromatic heterocycles. The average molecular weight is 485 g/mol. The Morgan fingerprint density at radius 3 is 1.34 bits per heavy atom. The summed E-state index contributed by atoms with van der Waals surface area (Å²) in [7, 11) is 1.00. The van der Waals surface area contributed by atoms with Gasteiger partial charge in [-0.1, -0.05) is 139 Å². The Morgan fingerprint density at radius 1 is 0.543 bits per heavy atom. The Bertz CT molecular complexity index is 807. The molecule has 0 N–H and O–H groups in total. The third-order valence-corrected chi connectivity index (χ3v) is 5.56. The first kappa shape index (κ1) is 34.7. The van der Waals surface area contributed by atoms with E-state index in [1.807, 2.05) is 0 Å². The Labute approximate surface area is 215 Å². The molecule has 0 nitrogen and oxygen atoms in total. The van der Waals surface area contributed by atoms with Crippen molar-refractivity contribution in [1.82, 2.24) is 0 Å². The molecule has 0 bridgehead atoms. The summed E-state index contributed by atoms with van der Waals surface area (Å²) in [6.07, 6.45) is 1.20. The van der Waals surface area contributed by atoms with Crippen molar-refractivity contribution in [1.29, 1.82) is 0 Å². The fourth-order valence-electron chi connectivity index (χ4n) is 3.18. The van der Waals surface area contributed by atoms with Crippen LogP contribution in [0.5, 0.6) is 0 Å². The van der Waals surface area contributed by atoms with Gasteiger partial charge in [-0.15, -0.1) is 0 Å². The molecule has 196 valence electrons. The SMILES string of the molecule is CC(C)C(C)c1ccccc1.CC(C)Cc1ccccc1.CF.CF.Cc1ccc(C(C)C)cc1. The second-order valence-corrected chi connectivity index (χ2v) is 9.59. The minimum atomic E-state index is 0.500. The third-order valence-electron chi connectivity index (χ3n) is 5.56. The van der Waals surface area contributed by atoms with E-state index in [0.29, 0.717) is 26.2 Å². The minimum Gasteiger partial charge on any atom is -0.255 e. The normalized spacial score (nSPS) is 10.5. The smallest absolute Gasteiger partial charge is 0.0785 e. The highest BCUT2D eigenvalue weighted by molar-refractivity contribution is 5.23. The molecule has 0 aliphatic rings. The first-order valence-electron chi connectivity index (χ1n) is 12.6. The van der Waals surface area contributed by atoms with Gasteiger partial charge in [-0.3, -0.25) is 8.78 Å². The lowest BCUT2D eigenvalue weighted by molar-refractivity contribution is 0.535. The summed E-state index contributed by atoms with van der Waals surface area (Å²) in [6.45, 7) is 17.8. The summed E-state index contributed by atoms with van der Waals surface area (Å²) >= 11 is 0. The van der Waals surface area contributed by atoms with Gasteiger partial charge in [0.1, 0.15) is 0 Å². The van der Waals surface area contributed by atoms with Crippen LogP contribution in [0.25, 0.3) is 0 Å². The monoisotopic (exact) mass is 484 g/mol. The highest BCUT2D eigenvalue weighted by Crippen LogP contribution is 2.22. The van der Waals surface area contributed by atoms with Crippen LogP contribution < -0.4 is 0 Å². The zero-order chi connectivity index (χ0) is 27.2. The zero-order valence-electron chi connectivity index (χ0n) is 23.9. The van der Waals surface area contributed by atoms with Crippen LogP contribution in [0.2, 0.25) is 0 Å². The fraction of sp³-hybridized carbons (Fsp3) is 0.455. The predicted octanol–water partition coefficient (Wildman–Crippen LogP) is 10.6. The summed E-state index contributed by atoms with van der Waals surface area (Å²) in [5, 5.41) is 0. The number of alkyl halides is 2. The van der Waals surface area contributed by atoms with Gasteiger partial charge in [0.15, 0.2) is 0 Å². The summed E-state index contributed by atoms with van der Waals surface area (Å²) in [4.78, 5) is 0. The second-order valence-electron chi connectivity index (χ2n) is 9.59. The largest absolute Gasteiger partial charge is 0.255 e. The Hall–Kier alpha value is -2.48. The molecule has 0 amide bonds. The molecule has 3 aromatic rings. The number of aryl methyl sites for hydroxylation is 1. The van der Waals surface area contributed by atoms with Crippen molar-refractivity contribution in [3.63, 3.8) is 0 Å². The maximum absolute atomic E-state index is 9.50. The molecule has 0 heterocycles. The van der Waals surface area contributed by atoms with E-state index >= 15 is 0 Å². The van der Waals surface area contributed by atoms with Crippen molar-refractivity contribution in [3.05, 3.63) is 107 Å². The summed E-state index contributed by atoms with van der Waals surface area (Å²) < 4.78 is 19.0. The van der Waals surface area contributed by atoms with Gasteiger partial charge in [0.25, 0.3) is 0 Å². The number of halogens is 2. The van der Waals surface area contributed by atoms with Crippen molar-refractivity contribution in [2.24, 2.45) is 11.8 Å². The maximum atomic E-state index is 9.50. The second kappa shape index (κ2) is 22.0. The molecule has 0 aliphatic heterocycles. The molecule has 3 aromatic carbocycles. The van der Waals surface area contributed by atoms with Crippen LogP contribution in [0.15, 0.2) is 84.9 Å². The minimum absolute atomic E-state index is 0.500.